The maximum atomic E-state index is 11.8. The third-order valence-electron chi connectivity index (χ3n) is 3.08. The monoisotopic (exact) mass is 270 g/mol. The van der Waals surface area contributed by atoms with Crippen molar-refractivity contribution in [3.8, 4) is 0 Å². The molecule has 4 heteroatoms. The molecule has 2 atom stereocenters. The van der Waals surface area contributed by atoms with Crippen LogP contribution in [0.4, 0.5) is 0 Å². The number of hydrogen-bond acceptors (Lipinski definition) is 3. The molecule has 0 aliphatic rings. The van der Waals surface area contributed by atoms with Crippen LogP contribution in [0, 0.1) is 11.8 Å². The number of carbonyl (C=O) groups excluding carboxylic acids is 1. The minimum atomic E-state index is -0.946. The van der Waals surface area contributed by atoms with Gasteiger partial charge in [0.05, 0.1) is 18.4 Å². The summed E-state index contributed by atoms with van der Waals surface area (Å²) >= 11 is 0. The van der Waals surface area contributed by atoms with Crippen LogP contribution in [0.25, 0.3) is 0 Å². The lowest BCUT2D eigenvalue weighted by atomic mass is 9.91. The normalized spacial score (nSPS) is 14.3. The van der Waals surface area contributed by atoms with E-state index in [-0.39, 0.29) is 0 Å². The van der Waals surface area contributed by atoms with E-state index in [4.69, 9.17) is 9.84 Å². The van der Waals surface area contributed by atoms with Gasteiger partial charge in [0.1, 0.15) is 0 Å². The van der Waals surface area contributed by atoms with Gasteiger partial charge >= 0.3 is 11.9 Å². The lowest BCUT2D eigenvalue weighted by Crippen LogP contribution is -2.29. The van der Waals surface area contributed by atoms with E-state index in [1.54, 1.807) is 6.92 Å². The first kappa shape index (κ1) is 17.7. The quantitative estimate of drug-likeness (QED) is 0.375. The number of carboxylic acids is 1. The maximum absolute atomic E-state index is 11.8. The number of allylic oxidation sites excluding steroid dienone is 2. The molecule has 0 rings (SSSR count). The van der Waals surface area contributed by atoms with Crippen LogP contribution in [-0.4, -0.2) is 23.7 Å². The fourth-order valence-electron chi connectivity index (χ4n) is 1.75. The van der Waals surface area contributed by atoms with Gasteiger partial charge in [0.25, 0.3) is 0 Å². The lowest BCUT2D eigenvalue weighted by molar-refractivity contribution is -0.157. The van der Waals surface area contributed by atoms with Crippen LogP contribution >= 0.6 is 0 Å². The zero-order valence-corrected chi connectivity index (χ0v) is 12.2. The molecule has 0 fully saturated rings. The van der Waals surface area contributed by atoms with Crippen molar-refractivity contribution in [2.45, 2.75) is 52.9 Å². The van der Waals surface area contributed by atoms with Gasteiger partial charge in [-0.25, -0.2) is 0 Å². The van der Waals surface area contributed by atoms with Gasteiger partial charge in [-0.15, -0.1) is 0 Å². The Bertz CT molecular complexity index is 297. The topological polar surface area (TPSA) is 63.6 Å². The van der Waals surface area contributed by atoms with Crippen LogP contribution < -0.4 is 0 Å². The average Bonchev–Trinajstić information content (AvgIpc) is 2.38. The van der Waals surface area contributed by atoms with E-state index >= 15 is 0 Å². The third kappa shape index (κ3) is 7.65. The molecule has 0 radical (unpaired) electrons. The molecular formula is C15H26O4. The van der Waals surface area contributed by atoms with Crippen molar-refractivity contribution in [3.63, 3.8) is 0 Å². The summed E-state index contributed by atoms with van der Waals surface area (Å²) in [5.41, 5.74) is 0. The Kier molecular flexibility index (Phi) is 9.85. The first-order chi connectivity index (χ1) is 9.04. The molecule has 0 saturated heterocycles. The van der Waals surface area contributed by atoms with E-state index < -0.39 is 23.8 Å². The highest BCUT2D eigenvalue weighted by molar-refractivity contribution is 5.80. The highest BCUT2D eigenvalue weighted by atomic mass is 16.5. The van der Waals surface area contributed by atoms with Gasteiger partial charge in [0.15, 0.2) is 0 Å². The molecule has 0 aliphatic heterocycles. The van der Waals surface area contributed by atoms with Gasteiger partial charge in [-0.05, 0) is 19.3 Å². The van der Waals surface area contributed by atoms with Crippen LogP contribution in [0.15, 0.2) is 12.2 Å². The molecule has 110 valence electrons. The molecule has 1 N–H and O–H groups in total. The standard InChI is InChI=1S/C15H26O4/c1-4-6-8-10-13(14(16)17)12(3)15(18)19-11-9-7-5-2/h6,8,12-13H,4-5,7,9-11H2,1-3H3,(H,16,17). The molecule has 0 saturated carbocycles. The summed E-state index contributed by atoms with van der Waals surface area (Å²) in [6.45, 7) is 6.07. The summed E-state index contributed by atoms with van der Waals surface area (Å²) in [4.78, 5) is 22.9. The molecule has 0 aromatic carbocycles. The number of hydrogen-bond donors (Lipinski definition) is 1. The second-order valence-corrected chi connectivity index (χ2v) is 4.72. The van der Waals surface area contributed by atoms with Crippen LogP contribution in [0.5, 0.6) is 0 Å². The Morgan fingerprint density at radius 1 is 1.21 bits per heavy atom. The molecule has 0 aromatic rings. The molecule has 4 nitrogen and oxygen atoms in total. The van der Waals surface area contributed by atoms with Crippen molar-refractivity contribution in [2.75, 3.05) is 6.61 Å². The SMILES string of the molecule is CCC=CCC(C(=O)O)C(C)C(=O)OCCCCC. The van der Waals surface area contributed by atoms with Crippen molar-refractivity contribution in [1.82, 2.24) is 0 Å². The summed E-state index contributed by atoms with van der Waals surface area (Å²) in [7, 11) is 0. The summed E-state index contributed by atoms with van der Waals surface area (Å²) in [6.07, 6.45) is 7.88. The fraction of sp³-hybridized carbons (Fsp3) is 0.733. The molecule has 0 bridgehead atoms. The number of unbranched alkanes of at least 4 members (excludes halogenated alkanes) is 2. The van der Waals surface area contributed by atoms with Crippen LogP contribution in [0.1, 0.15) is 52.9 Å². The van der Waals surface area contributed by atoms with E-state index in [1.807, 2.05) is 19.1 Å². The van der Waals surface area contributed by atoms with Crippen LogP contribution in [0.2, 0.25) is 0 Å². The zero-order valence-electron chi connectivity index (χ0n) is 12.2. The van der Waals surface area contributed by atoms with E-state index in [9.17, 15) is 9.59 Å². The first-order valence-corrected chi connectivity index (χ1v) is 7.08. The number of esters is 1. The summed E-state index contributed by atoms with van der Waals surface area (Å²) < 4.78 is 5.12. The highest BCUT2D eigenvalue weighted by Gasteiger charge is 2.30. The van der Waals surface area contributed by atoms with Crippen molar-refractivity contribution in [3.05, 3.63) is 12.2 Å². The summed E-state index contributed by atoms with van der Waals surface area (Å²) in [5, 5.41) is 9.16. The molecular weight excluding hydrogens is 244 g/mol. The second kappa shape index (κ2) is 10.6. The molecule has 0 amide bonds. The first-order valence-electron chi connectivity index (χ1n) is 7.08. The molecule has 19 heavy (non-hydrogen) atoms. The minimum Gasteiger partial charge on any atom is -0.481 e. The van der Waals surface area contributed by atoms with Crippen molar-refractivity contribution < 1.29 is 19.4 Å². The van der Waals surface area contributed by atoms with Gasteiger partial charge in [0.2, 0.25) is 0 Å². The molecule has 2 unspecified atom stereocenters. The molecule has 0 aromatic heterocycles. The average molecular weight is 270 g/mol. The summed E-state index contributed by atoms with van der Waals surface area (Å²) in [5.74, 6) is -2.67. The van der Waals surface area contributed by atoms with E-state index in [1.165, 1.54) is 0 Å². The predicted molar refractivity (Wildman–Crippen MR) is 74.8 cm³/mol. The van der Waals surface area contributed by atoms with Crippen molar-refractivity contribution in [2.24, 2.45) is 11.8 Å². The Labute approximate surface area is 115 Å². The summed E-state index contributed by atoms with van der Waals surface area (Å²) in [6, 6.07) is 0. The number of carboxylic acid groups (broad SMARTS) is 1. The third-order valence-corrected chi connectivity index (χ3v) is 3.08. The van der Waals surface area contributed by atoms with E-state index in [0.717, 1.165) is 25.7 Å². The van der Waals surface area contributed by atoms with E-state index in [0.29, 0.717) is 13.0 Å². The largest absolute Gasteiger partial charge is 0.481 e. The van der Waals surface area contributed by atoms with Crippen molar-refractivity contribution >= 4 is 11.9 Å². The van der Waals surface area contributed by atoms with Gasteiger partial charge in [-0.1, -0.05) is 45.8 Å². The molecule has 0 aliphatic carbocycles. The van der Waals surface area contributed by atoms with E-state index in [2.05, 4.69) is 6.92 Å². The maximum Gasteiger partial charge on any atom is 0.309 e. The minimum absolute atomic E-state index is 0.369. The highest BCUT2D eigenvalue weighted by Crippen LogP contribution is 2.19. The smallest absolute Gasteiger partial charge is 0.309 e. The number of rotatable bonds is 10. The lowest BCUT2D eigenvalue weighted by Gasteiger charge is -2.17. The zero-order chi connectivity index (χ0) is 14.7. The number of aliphatic carboxylic acids is 1. The van der Waals surface area contributed by atoms with Crippen molar-refractivity contribution in [1.29, 1.82) is 0 Å². The Balaban J connectivity index is 4.28. The number of carbonyl (C=O) groups is 2. The molecule has 0 spiro atoms. The Morgan fingerprint density at radius 3 is 2.42 bits per heavy atom. The Hall–Kier alpha value is -1.32. The van der Waals surface area contributed by atoms with Gasteiger partial charge in [-0.2, -0.15) is 0 Å². The van der Waals surface area contributed by atoms with Gasteiger partial charge in [-0.3, -0.25) is 9.59 Å². The fourth-order valence-corrected chi connectivity index (χ4v) is 1.75. The second-order valence-electron chi connectivity index (χ2n) is 4.72. The predicted octanol–water partition coefficient (Wildman–Crippen LogP) is 3.41. The van der Waals surface area contributed by atoms with Gasteiger partial charge < -0.3 is 9.84 Å². The number of ether oxygens (including phenoxy) is 1. The Morgan fingerprint density at radius 2 is 1.89 bits per heavy atom. The van der Waals surface area contributed by atoms with Crippen LogP contribution in [0.3, 0.4) is 0 Å². The van der Waals surface area contributed by atoms with Gasteiger partial charge in [0, 0.05) is 0 Å². The molecule has 0 heterocycles. The van der Waals surface area contributed by atoms with Crippen LogP contribution in [-0.2, 0) is 14.3 Å².